The molecule has 0 saturated carbocycles. The lowest BCUT2D eigenvalue weighted by Crippen LogP contribution is -2.17. The molecule has 0 spiro atoms. The Bertz CT molecular complexity index is 976. The van der Waals surface area contributed by atoms with Gasteiger partial charge in [-0.2, -0.15) is 0 Å². The van der Waals surface area contributed by atoms with Crippen molar-refractivity contribution >= 4 is 50.1 Å². The summed E-state index contributed by atoms with van der Waals surface area (Å²) in [6, 6.07) is 18.0. The van der Waals surface area contributed by atoms with E-state index in [0.29, 0.717) is 36.2 Å². The molecule has 6 heteroatoms. The molecule has 0 fully saturated rings. The van der Waals surface area contributed by atoms with Gasteiger partial charge in [-0.25, -0.2) is 0 Å². The first kappa shape index (κ1) is 17.2. The number of fused-ring (bicyclic) bond motifs is 2. The van der Waals surface area contributed by atoms with Gasteiger partial charge < -0.3 is 14.8 Å². The van der Waals surface area contributed by atoms with Crippen LogP contribution in [0.4, 0.5) is 5.69 Å². The van der Waals surface area contributed by atoms with Crippen LogP contribution in [0.2, 0.25) is 0 Å². The largest absolute Gasteiger partial charge is 0.486 e. The number of carbonyl (C=O) groups excluding carboxylic acids is 1. The number of anilines is 1. The van der Waals surface area contributed by atoms with E-state index in [9.17, 15) is 4.79 Å². The van der Waals surface area contributed by atoms with Crippen molar-refractivity contribution in [3.05, 3.63) is 59.1 Å². The zero-order chi connectivity index (χ0) is 17.9. The molecule has 1 heterocycles. The Hall–Kier alpha value is -2.18. The SMILES string of the molecule is O=C(CSc1ccc2ccccc2c1)Nc1cc2c(cc1Br)OCCO2. The highest BCUT2D eigenvalue weighted by molar-refractivity contribution is 9.10. The Kier molecular flexibility index (Phi) is 5.04. The molecule has 1 N–H and O–H groups in total. The highest BCUT2D eigenvalue weighted by atomic mass is 79.9. The second kappa shape index (κ2) is 7.60. The molecule has 3 aromatic carbocycles. The number of halogens is 1. The zero-order valence-electron chi connectivity index (χ0n) is 13.8. The van der Waals surface area contributed by atoms with E-state index in [1.807, 2.05) is 24.3 Å². The normalized spacial score (nSPS) is 12.8. The van der Waals surface area contributed by atoms with Crippen molar-refractivity contribution in [2.75, 3.05) is 24.3 Å². The zero-order valence-corrected chi connectivity index (χ0v) is 16.2. The number of hydrogen-bond acceptors (Lipinski definition) is 4. The van der Waals surface area contributed by atoms with Crippen LogP contribution in [0, 0.1) is 0 Å². The number of rotatable bonds is 4. The summed E-state index contributed by atoms with van der Waals surface area (Å²) >= 11 is 4.98. The fourth-order valence-electron chi connectivity index (χ4n) is 2.75. The monoisotopic (exact) mass is 429 g/mol. The molecular weight excluding hydrogens is 414 g/mol. The maximum atomic E-state index is 12.3. The van der Waals surface area contributed by atoms with Gasteiger partial charge >= 0.3 is 0 Å². The quantitative estimate of drug-likeness (QED) is 0.585. The van der Waals surface area contributed by atoms with Crippen molar-refractivity contribution in [1.29, 1.82) is 0 Å². The number of amides is 1. The van der Waals surface area contributed by atoms with Gasteiger partial charge in [0.25, 0.3) is 0 Å². The summed E-state index contributed by atoms with van der Waals surface area (Å²) in [5.41, 5.74) is 0.679. The first-order valence-corrected chi connectivity index (χ1v) is 9.97. The maximum Gasteiger partial charge on any atom is 0.234 e. The van der Waals surface area contributed by atoms with Gasteiger partial charge in [-0.05, 0) is 38.8 Å². The van der Waals surface area contributed by atoms with E-state index in [0.717, 1.165) is 9.37 Å². The first-order valence-electron chi connectivity index (χ1n) is 8.20. The van der Waals surface area contributed by atoms with Gasteiger partial charge in [0.1, 0.15) is 13.2 Å². The van der Waals surface area contributed by atoms with E-state index in [-0.39, 0.29) is 5.91 Å². The third-order valence-electron chi connectivity index (χ3n) is 4.00. The van der Waals surface area contributed by atoms with Crippen molar-refractivity contribution in [2.45, 2.75) is 4.90 Å². The Morgan fingerprint density at radius 1 is 1.00 bits per heavy atom. The summed E-state index contributed by atoms with van der Waals surface area (Å²) in [6.07, 6.45) is 0. The molecule has 0 aliphatic carbocycles. The summed E-state index contributed by atoms with van der Waals surface area (Å²) in [5.74, 6) is 1.60. The minimum atomic E-state index is -0.0689. The van der Waals surface area contributed by atoms with Crippen molar-refractivity contribution < 1.29 is 14.3 Å². The van der Waals surface area contributed by atoms with Crippen LogP contribution >= 0.6 is 27.7 Å². The molecule has 1 aliphatic rings. The molecule has 1 amide bonds. The fourth-order valence-corrected chi connectivity index (χ4v) is 3.92. The van der Waals surface area contributed by atoms with E-state index in [1.54, 1.807) is 6.07 Å². The fraction of sp³-hybridized carbons (Fsp3) is 0.150. The summed E-state index contributed by atoms with van der Waals surface area (Å²) in [4.78, 5) is 13.4. The molecule has 0 bridgehead atoms. The molecule has 0 radical (unpaired) electrons. The van der Waals surface area contributed by atoms with E-state index in [1.165, 1.54) is 22.5 Å². The Morgan fingerprint density at radius 3 is 2.54 bits per heavy atom. The van der Waals surface area contributed by atoms with Crippen LogP contribution in [-0.4, -0.2) is 24.9 Å². The van der Waals surface area contributed by atoms with Crippen LogP contribution in [0.25, 0.3) is 10.8 Å². The van der Waals surface area contributed by atoms with E-state index >= 15 is 0 Å². The van der Waals surface area contributed by atoms with Gasteiger partial charge in [-0.15, -0.1) is 11.8 Å². The van der Waals surface area contributed by atoms with Crippen LogP contribution in [0.5, 0.6) is 11.5 Å². The van der Waals surface area contributed by atoms with E-state index < -0.39 is 0 Å². The highest BCUT2D eigenvalue weighted by Gasteiger charge is 2.16. The van der Waals surface area contributed by atoms with Crippen molar-refractivity contribution in [2.24, 2.45) is 0 Å². The van der Waals surface area contributed by atoms with Gasteiger partial charge in [0.15, 0.2) is 11.5 Å². The van der Waals surface area contributed by atoms with Crippen molar-refractivity contribution in [1.82, 2.24) is 0 Å². The maximum absolute atomic E-state index is 12.3. The van der Waals surface area contributed by atoms with Crippen molar-refractivity contribution in [3.8, 4) is 11.5 Å². The predicted octanol–water partition coefficient (Wildman–Crippen LogP) is 5.10. The van der Waals surface area contributed by atoms with Crippen LogP contribution in [0.15, 0.2) is 64.0 Å². The van der Waals surface area contributed by atoms with Gasteiger partial charge in [0.2, 0.25) is 5.91 Å². The summed E-state index contributed by atoms with van der Waals surface area (Å²) < 4.78 is 11.9. The molecule has 1 aliphatic heterocycles. The number of thioether (sulfide) groups is 1. The second-order valence-corrected chi connectivity index (χ2v) is 7.72. The van der Waals surface area contributed by atoms with Gasteiger partial charge in [0, 0.05) is 21.5 Å². The molecule has 4 nitrogen and oxygen atoms in total. The molecule has 4 rings (SSSR count). The number of benzene rings is 3. The molecular formula is C20H16BrNO3S. The Balaban J connectivity index is 1.42. The average molecular weight is 430 g/mol. The standard InChI is InChI=1S/C20H16BrNO3S/c21-16-10-18-19(25-8-7-24-18)11-17(16)22-20(23)12-26-15-6-5-13-3-1-2-4-14(13)9-15/h1-6,9-11H,7-8,12H2,(H,22,23). The van der Waals surface area contributed by atoms with E-state index in [4.69, 9.17) is 9.47 Å². The molecule has 132 valence electrons. The smallest absolute Gasteiger partial charge is 0.234 e. The lowest BCUT2D eigenvalue weighted by atomic mass is 10.1. The predicted molar refractivity (Wildman–Crippen MR) is 108 cm³/mol. The number of carbonyl (C=O) groups is 1. The van der Waals surface area contributed by atoms with Crippen LogP contribution in [0.1, 0.15) is 0 Å². The summed E-state index contributed by atoms with van der Waals surface area (Å²) in [5, 5.41) is 5.29. The third kappa shape index (κ3) is 3.81. The highest BCUT2D eigenvalue weighted by Crippen LogP contribution is 2.38. The lowest BCUT2D eigenvalue weighted by molar-refractivity contribution is -0.113. The minimum absolute atomic E-state index is 0.0689. The van der Waals surface area contributed by atoms with Crippen LogP contribution < -0.4 is 14.8 Å². The van der Waals surface area contributed by atoms with Crippen LogP contribution in [0.3, 0.4) is 0 Å². The van der Waals surface area contributed by atoms with Crippen LogP contribution in [-0.2, 0) is 4.79 Å². The average Bonchev–Trinajstić information content (AvgIpc) is 2.67. The van der Waals surface area contributed by atoms with Gasteiger partial charge in [0.05, 0.1) is 11.4 Å². The summed E-state index contributed by atoms with van der Waals surface area (Å²) in [6.45, 7) is 1.05. The summed E-state index contributed by atoms with van der Waals surface area (Å²) in [7, 11) is 0. The second-order valence-electron chi connectivity index (χ2n) is 5.82. The molecule has 3 aromatic rings. The molecule has 0 atom stereocenters. The number of nitrogens with one attached hydrogen (secondary N) is 1. The van der Waals surface area contributed by atoms with Gasteiger partial charge in [-0.1, -0.05) is 30.3 Å². The molecule has 26 heavy (non-hydrogen) atoms. The Labute approximate surface area is 164 Å². The topological polar surface area (TPSA) is 47.6 Å². The molecule has 0 unspecified atom stereocenters. The lowest BCUT2D eigenvalue weighted by Gasteiger charge is -2.20. The third-order valence-corrected chi connectivity index (χ3v) is 5.65. The Morgan fingerprint density at radius 2 is 1.73 bits per heavy atom. The number of ether oxygens (including phenoxy) is 2. The van der Waals surface area contributed by atoms with Gasteiger partial charge in [-0.3, -0.25) is 4.79 Å². The number of hydrogen-bond donors (Lipinski definition) is 1. The van der Waals surface area contributed by atoms with Crippen molar-refractivity contribution in [3.63, 3.8) is 0 Å². The minimum Gasteiger partial charge on any atom is -0.486 e. The molecule has 0 aromatic heterocycles. The first-order chi connectivity index (χ1) is 12.7. The molecule has 0 saturated heterocycles. The van der Waals surface area contributed by atoms with E-state index in [2.05, 4.69) is 45.5 Å².